The monoisotopic (exact) mass is 270 g/mol. The average molecular weight is 270 g/mol. The molecule has 110 valence electrons. The molecule has 0 aromatic carbocycles. The van der Waals surface area contributed by atoms with E-state index in [1.807, 2.05) is 18.7 Å². The van der Waals surface area contributed by atoms with Crippen LogP contribution in [0.25, 0.3) is 0 Å². The fraction of sp³-hybridized carbons (Fsp3) is 0.857. The van der Waals surface area contributed by atoms with Gasteiger partial charge in [0, 0.05) is 32.1 Å². The second-order valence-corrected chi connectivity index (χ2v) is 5.74. The zero-order chi connectivity index (χ0) is 14.4. The second-order valence-electron chi connectivity index (χ2n) is 5.74. The number of urea groups is 1. The summed E-state index contributed by atoms with van der Waals surface area (Å²) in [5, 5.41) is 8.67. The lowest BCUT2D eigenvalue weighted by molar-refractivity contribution is -0.137. The number of carbonyl (C=O) groups excluding carboxylic acids is 1. The van der Waals surface area contributed by atoms with Gasteiger partial charge in [0.2, 0.25) is 0 Å². The molecule has 2 amide bonds. The quantitative estimate of drug-likeness (QED) is 0.834. The number of nitrogens with zero attached hydrogens (tertiary/aromatic N) is 2. The zero-order valence-corrected chi connectivity index (χ0v) is 12.3. The van der Waals surface area contributed by atoms with Gasteiger partial charge in [-0.2, -0.15) is 0 Å². The molecule has 0 spiro atoms. The molecule has 1 heterocycles. The number of carboxylic acids is 1. The molecule has 19 heavy (non-hydrogen) atoms. The molecule has 0 aromatic heterocycles. The first kappa shape index (κ1) is 15.8. The van der Waals surface area contributed by atoms with Gasteiger partial charge < -0.3 is 14.9 Å². The number of carbonyl (C=O) groups is 2. The topological polar surface area (TPSA) is 60.9 Å². The van der Waals surface area contributed by atoms with Crippen LogP contribution in [0.4, 0.5) is 4.79 Å². The van der Waals surface area contributed by atoms with Crippen molar-refractivity contribution in [3.63, 3.8) is 0 Å². The fourth-order valence-corrected chi connectivity index (χ4v) is 2.36. The number of piperidine rings is 1. The van der Waals surface area contributed by atoms with E-state index in [1.54, 1.807) is 4.90 Å². The van der Waals surface area contributed by atoms with Crippen LogP contribution in [0, 0.1) is 5.92 Å². The SMILES string of the molecule is CC1CCN(C(=O)N(CCCC(=O)O)C(C)C)CC1. The average Bonchev–Trinajstić information content (AvgIpc) is 2.34. The standard InChI is InChI=1S/C14H26N2O3/c1-11(2)16(8-4-5-13(17)18)14(19)15-9-6-12(3)7-10-15/h11-12H,4-10H2,1-3H3,(H,17,18). The van der Waals surface area contributed by atoms with Gasteiger partial charge in [0.1, 0.15) is 0 Å². The van der Waals surface area contributed by atoms with Crippen LogP contribution in [0.15, 0.2) is 0 Å². The second kappa shape index (κ2) is 7.36. The molecule has 0 radical (unpaired) electrons. The molecule has 0 aliphatic carbocycles. The Kier molecular flexibility index (Phi) is 6.12. The number of hydrogen-bond acceptors (Lipinski definition) is 2. The lowest BCUT2D eigenvalue weighted by Crippen LogP contribution is -2.49. The first-order valence-electron chi connectivity index (χ1n) is 7.19. The largest absolute Gasteiger partial charge is 0.481 e. The molecule has 1 fully saturated rings. The minimum atomic E-state index is -0.803. The van der Waals surface area contributed by atoms with Crippen molar-refractivity contribution in [1.29, 1.82) is 0 Å². The Bertz CT molecular complexity index is 310. The molecule has 1 aliphatic rings. The van der Waals surface area contributed by atoms with Crippen molar-refractivity contribution >= 4 is 12.0 Å². The Morgan fingerprint density at radius 2 is 1.89 bits per heavy atom. The van der Waals surface area contributed by atoms with Crippen LogP contribution < -0.4 is 0 Å². The van der Waals surface area contributed by atoms with Gasteiger partial charge in [-0.3, -0.25) is 4.79 Å². The summed E-state index contributed by atoms with van der Waals surface area (Å²) in [5.41, 5.74) is 0. The van der Waals surface area contributed by atoms with E-state index in [9.17, 15) is 9.59 Å². The van der Waals surface area contributed by atoms with Crippen LogP contribution >= 0.6 is 0 Å². The molecule has 0 aromatic rings. The van der Waals surface area contributed by atoms with E-state index in [2.05, 4.69) is 6.92 Å². The molecule has 1 rings (SSSR count). The first-order chi connectivity index (χ1) is 8.91. The molecular formula is C14H26N2O3. The van der Waals surface area contributed by atoms with Crippen LogP contribution in [0.5, 0.6) is 0 Å². The molecule has 1 saturated heterocycles. The van der Waals surface area contributed by atoms with E-state index >= 15 is 0 Å². The molecule has 0 unspecified atom stereocenters. The zero-order valence-electron chi connectivity index (χ0n) is 12.3. The van der Waals surface area contributed by atoms with Crippen LogP contribution in [0.1, 0.15) is 46.5 Å². The van der Waals surface area contributed by atoms with E-state index in [0.29, 0.717) is 18.9 Å². The minimum Gasteiger partial charge on any atom is -0.481 e. The highest BCUT2D eigenvalue weighted by molar-refractivity contribution is 5.75. The maximum Gasteiger partial charge on any atom is 0.320 e. The third-order valence-electron chi connectivity index (χ3n) is 3.71. The van der Waals surface area contributed by atoms with Gasteiger partial charge in [-0.05, 0) is 39.0 Å². The number of likely N-dealkylation sites (tertiary alicyclic amines) is 1. The van der Waals surface area contributed by atoms with Gasteiger partial charge in [-0.25, -0.2) is 4.79 Å². The molecule has 0 bridgehead atoms. The Balaban J connectivity index is 2.50. The summed E-state index contributed by atoms with van der Waals surface area (Å²) in [4.78, 5) is 26.7. The van der Waals surface area contributed by atoms with Gasteiger partial charge >= 0.3 is 12.0 Å². The van der Waals surface area contributed by atoms with E-state index in [1.165, 1.54) is 0 Å². The van der Waals surface area contributed by atoms with Gasteiger partial charge in [0.05, 0.1) is 0 Å². The highest BCUT2D eigenvalue weighted by Crippen LogP contribution is 2.18. The fourth-order valence-electron chi connectivity index (χ4n) is 2.36. The molecule has 0 saturated carbocycles. The highest BCUT2D eigenvalue weighted by atomic mass is 16.4. The summed E-state index contributed by atoms with van der Waals surface area (Å²) in [6, 6.07) is 0.174. The van der Waals surface area contributed by atoms with Gasteiger partial charge in [-0.1, -0.05) is 6.92 Å². The van der Waals surface area contributed by atoms with Crippen molar-refractivity contribution in [3.05, 3.63) is 0 Å². The number of hydrogen-bond donors (Lipinski definition) is 1. The van der Waals surface area contributed by atoms with Crippen LogP contribution in [0.3, 0.4) is 0 Å². The van der Waals surface area contributed by atoms with Crippen LogP contribution in [-0.2, 0) is 4.79 Å². The number of aliphatic carboxylic acids is 1. The summed E-state index contributed by atoms with van der Waals surface area (Å²) in [7, 11) is 0. The van der Waals surface area contributed by atoms with Gasteiger partial charge in [0.25, 0.3) is 0 Å². The number of rotatable bonds is 5. The smallest absolute Gasteiger partial charge is 0.320 e. The van der Waals surface area contributed by atoms with Gasteiger partial charge in [0.15, 0.2) is 0 Å². The van der Waals surface area contributed by atoms with Crippen LogP contribution in [0.2, 0.25) is 0 Å². The maximum absolute atomic E-state index is 12.4. The third-order valence-corrected chi connectivity index (χ3v) is 3.71. The van der Waals surface area contributed by atoms with Crippen molar-refractivity contribution in [1.82, 2.24) is 9.80 Å². The molecule has 5 nitrogen and oxygen atoms in total. The predicted molar refractivity (Wildman–Crippen MR) is 74.1 cm³/mol. The lowest BCUT2D eigenvalue weighted by Gasteiger charge is -2.36. The van der Waals surface area contributed by atoms with Crippen molar-refractivity contribution < 1.29 is 14.7 Å². The Labute approximate surface area is 115 Å². The van der Waals surface area contributed by atoms with Crippen molar-refractivity contribution in [2.75, 3.05) is 19.6 Å². The summed E-state index contributed by atoms with van der Waals surface area (Å²) in [6.45, 7) is 8.34. The van der Waals surface area contributed by atoms with E-state index in [-0.39, 0.29) is 18.5 Å². The summed E-state index contributed by atoms with van der Waals surface area (Å²) >= 11 is 0. The molecule has 0 atom stereocenters. The molecule has 1 N–H and O–H groups in total. The lowest BCUT2D eigenvalue weighted by atomic mass is 9.99. The van der Waals surface area contributed by atoms with Crippen LogP contribution in [-0.4, -0.2) is 52.6 Å². The normalized spacial score (nSPS) is 16.7. The summed E-state index contributed by atoms with van der Waals surface area (Å²) in [6.07, 6.45) is 2.76. The Morgan fingerprint density at radius 1 is 1.32 bits per heavy atom. The van der Waals surface area contributed by atoms with E-state index in [0.717, 1.165) is 25.9 Å². The number of carboxylic acid groups (broad SMARTS) is 1. The third kappa shape index (κ3) is 5.09. The molecular weight excluding hydrogens is 244 g/mol. The predicted octanol–water partition coefficient (Wildman–Crippen LogP) is 2.41. The Hall–Kier alpha value is -1.26. The molecule has 5 heteroatoms. The first-order valence-corrected chi connectivity index (χ1v) is 7.19. The number of amides is 2. The molecule has 1 aliphatic heterocycles. The van der Waals surface area contributed by atoms with Crippen molar-refractivity contribution in [2.45, 2.75) is 52.5 Å². The maximum atomic E-state index is 12.4. The van der Waals surface area contributed by atoms with Crippen molar-refractivity contribution in [2.24, 2.45) is 5.92 Å². The highest BCUT2D eigenvalue weighted by Gasteiger charge is 2.26. The van der Waals surface area contributed by atoms with Gasteiger partial charge in [-0.15, -0.1) is 0 Å². The Morgan fingerprint density at radius 3 is 2.37 bits per heavy atom. The summed E-state index contributed by atoms with van der Waals surface area (Å²) < 4.78 is 0. The minimum absolute atomic E-state index is 0.0623. The van der Waals surface area contributed by atoms with Crippen molar-refractivity contribution in [3.8, 4) is 0 Å². The summed E-state index contributed by atoms with van der Waals surface area (Å²) in [5.74, 6) is -0.105. The van der Waals surface area contributed by atoms with E-state index in [4.69, 9.17) is 5.11 Å². The van der Waals surface area contributed by atoms with E-state index < -0.39 is 5.97 Å².